The average Bonchev–Trinajstić information content (AvgIpc) is 3.39. The normalized spacial score (nSPS) is 15.3. The van der Waals surface area contributed by atoms with Crippen LogP contribution >= 0.6 is 11.3 Å². The van der Waals surface area contributed by atoms with Gasteiger partial charge in [-0.3, -0.25) is 14.8 Å². The molecular formula is C20H20N4OS. The summed E-state index contributed by atoms with van der Waals surface area (Å²) in [6.45, 7) is 3.78. The topological polar surface area (TPSA) is 61.0 Å². The van der Waals surface area contributed by atoms with E-state index in [1.807, 2.05) is 29.7 Å². The number of carbonyl (C=O) groups excluding carboxylic acids is 1. The Morgan fingerprint density at radius 1 is 1.27 bits per heavy atom. The number of hydrogen-bond donors (Lipinski definition) is 2. The van der Waals surface area contributed by atoms with Crippen LogP contribution < -0.4 is 5.32 Å². The molecule has 0 bridgehead atoms. The molecule has 2 N–H and O–H groups in total. The molecule has 132 valence electrons. The van der Waals surface area contributed by atoms with Crippen molar-refractivity contribution in [1.29, 1.82) is 0 Å². The van der Waals surface area contributed by atoms with Gasteiger partial charge >= 0.3 is 0 Å². The molecule has 4 rings (SSSR count). The largest absolute Gasteiger partial charge is 0.305 e. The first-order valence-corrected chi connectivity index (χ1v) is 9.46. The minimum Gasteiger partial charge on any atom is -0.305 e. The zero-order valence-electron chi connectivity index (χ0n) is 14.5. The second-order valence-electron chi connectivity index (χ2n) is 6.36. The number of carbonyl (C=O) groups is 1. The molecule has 2 aromatic heterocycles. The Morgan fingerprint density at radius 3 is 2.88 bits per heavy atom. The van der Waals surface area contributed by atoms with Crippen molar-refractivity contribution >= 4 is 29.1 Å². The lowest BCUT2D eigenvalue weighted by molar-refractivity contribution is -0.111. The van der Waals surface area contributed by atoms with E-state index in [4.69, 9.17) is 0 Å². The van der Waals surface area contributed by atoms with E-state index in [0.29, 0.717) is 11.9 Å². The first kappa shape index (κ1) is 16.8. The number of anilines is 1. The number of aromatic amines is 1. The summed E-state index contributed by atoms with van der Waals surface area (Å²) in [6.07, 6.45) is 3.36. The number of H-pyrrole nitrogens is 1. The summed E-state index contributed by atoms with van der Waals surface area (Å²) < 4.78 is 0. The molecule has 0 saturated carbocycles. The van der Waals surface area contributed by atoms with E-state index >= 15 is 0 Å². The summed E-state index contributed by atoms with van der Waals surface area (Å²) in [4.78, 5) is 15.6. The van der Waals surface area contributed by atoms with Crippen LogP contribution in [0.4, 0.5) is 5.82 Å². The molecule has 26 heavy (non-hydrogen) atoms. The number of benzene rings is 1. The van der Waals surface area contributed by atoms with E-state index in [2.05, 4.69) is 51.6 Å². The van der Waals surface area contributed by atoms with Gasteiger partial charge in [0, 0.05) is 35.6 Å². The van der Waals surface area contributed by atoms with Crippen LogP contribution in [0.2, 0.25) is 0 Å². The van der Waals surface area contributed by atoms with Crippen LogP contribution in [0.15, 0.2) is 53.9 Å². The summed E-state index contributed by atoms with van der Waals surface area (Å²) in [5.74, 6) is 0.464. The van der Waals surface area contributed by atoms with E-state index < -0.39 is 0 Å². The number of rotatable bonds is 5. The third kappa shape index (κ3) is 3.47. The molecule has 1 aromatic carbocycles. The molecule has 6 heteroatoms. The molecule has 1 aliphatic rings. The van der Waals surface area contributed by atoms with Gasteiger partial charge in [0.2, 0.25) is 5.91 Å². The van der Waals surface area contributed by atoms with Crippen molar-refractivity contribution in [3.8, 4) is 0 Å². The van der Waals surface area contributed by atoms with Crippen molar-refractivity contribution in [2.24, 2.45) is 0 Å². The van der Waals surface area contributed by atoms with E-state index in [1.54, 1.807) is 17.4 Å². The standard InChI is InChI=1S/C20H20N4OS/c1-14(15-6-3-2-4-7-15)24-12-17-18(13-24)22-23-20(17)21-19(25)10-9-16-8-5-11-26-16/h2-11,14H,12-13H2,1H3,(H2,21,22,23,25)/b10-9-. The third-order valence-corrected chi connectivity index (χ3v) is 5.53. The molecule has 5 nitrogen and oxygen atoms in total. The Hall–Kier alpha value is -2.70. The van der Waals surface area contributed by atoms with Gasteiger partial charge in [-0.25, -0.2) is 0 Å². The van der Waals surface area contributed by atoms with Crippen LogP contribution in [0.3, 0.4) is 0 Å². The van der Waals surface area contributed by atoms with Crippen molar-refractivity contribution in [3.63, 3.8) is 0 Å². The van der Waals surface area contributed by atoms with Crippen LogP contribution in [-0.4, -0.2) is 21.0 Å². The van der Waals surface area contributed by atoms with Gasteiger partial charge in [-0.15, -0.1) is 11.3 Å². The SMILES string of the molecule is CC(c1ccccc1)N1Cc2[nH]nc(NC(=O)/C=C\c3cccs3)c2C1. The smallest absolute Gasteiger partial charge is 0.249 e. The van der Waals surface area contributed by atoms with Crippen molar-refractivity contribution in [2.75, 3.05) is 5.32 Å². The summed E-state index contributed by atoms with van der Waals surface area (Å²) in [7, 11) is 0. The minimum atomic E-state index is -0.165. The first-order chi connectivity index (χ1) is 12.7. The lowest BCUT2D eigenvalue weighted by Crippen LogP contribution is -2.21. The van der Waals surface area contributed by atoms with Crippen molar-refractivity contribution in [3.05, 3.63) is 75.6 Å². The monoisotopic (exact) mass is 364 g/mol. The summed E-state index contributed by atoms with van der Waals surface area (Å²) >= 11 is 1.60. The fourth-order valence-corrected chi connectivity index (χ4v) is 3.80. The minimum absolute atomic E-state index is 0.165. The zero-order chi connectivity index (χ0) is 17.9. The van der Waals surface area contributed by atoms with Gasteiger partial charge in [0.1, 0.15) is 0 Å². The van der Waals surface area contributed by atoms with Crippen LogP contribution in [-0.2, 0) is 17.9 Å². The predicted molar refractivity (Wildman–Crippen MR) is 105 cm³/mol. The fourth-order valence-electron chi connectivity index (χ4n) is 3.19. The summed E-state index contributed by atoms with van der Waals surface area (Å²) in [5, 5.41) is 12.2. The second kappa shape index (κ2) is 7.27. The molecule has 3 aromatic rings. The van der Waals surface area contributed by atoms with E-state index in [0.717, 1.165) is 29.2 Å². The molecule has 0 radical (unpaired) electrons. The van der Waals surface area contributed by atoms with Crippen molar-refractivity contribution in [2.45, 2.75) is 26.1 Å². The maximum atomic E-state index is 12.2. The molecular weight excluding hydrogens is 344 g/mol. The highest BCUT2D eigenvalue weighted by Crippen LogP contribution is 2.33. The number of aromatic nitrogens is 2. The average molecular weight is 364 g/mol. The van der Waals surface area contributed by atoms with Crippen LogP contribution in [0.1, 0.15) is 34.7 Å². The quantitative estimate of drug-likeness (QED) is 0.667. The molecule has 0 aliphatic carbocycles. The Bertz CT molecular complexity index is 915. The lowest BCUT2D eigenvalue weighted by Gasteiger charge is -2.24. The van der Waals surface area contributed by atoms with Crippen LogP contribution in [0.5, 0.6) is 0 Å². The molecule has 3 heterocycles. The molecule has 0 saturated heterocycles. The number of hydrogen-bond acceptors (Lipinski definition) is 4. The summed E-state index contributed by atoms with van der Waals surface area (Å²) in [6, 6.07) is 14.7. The Kier molecular flexibility index (Phi) is 4.69. The number of fused-ring (bicyclic) bond motifs is 1. The predicted octanol–water partition coefficient (Wildman–Crippen LogP) is 4.20. The maximum Gasteiger partial charge on any atom is 0.249 e. The molecule has 0 spiro atoms. The van der Waals surface area contributed by atoms with E-state index in [9.17, 15) is 4.79 Å². The van der Waals surface area contributed by atoms with Gasteiger partial charge in [-0.1, -0.05) is 36.4 Å². The zero-order valence-corrected chi connectivity index (χ0v) is 15.3. The van der Waals surface area contributed by atoms with Crippen molar-refractivity contribution in [1.82, 2.24) is 15.1 Å². The number of thiophene rings is 1. The number of nitrogens with one attached hydrogen (secondary N) is 2. The highest BCUT2D eigenvalue weighted by molar-refractivity contribution is 7.10. The summed E-state index contributed by atoms with van der Waals surface area (Å²) in [5.41, 5.74) is 3.44. The highest BCUT2D eigenvalue weighted by atomic mass is 32.1. The Balaban J connectivity index is 1.43. The van der Waals surface area contributed by atoms with Gasteiger partial charge in [0.15, 0.2) is 5.82 Å². The molecule has 1 unspecified atom stereocenters. The second-order valence-corrected chi connectivity index (χ2v) is 7.34. The van der Waals surface area contributed by atoms with Gasteiger partial charge in [-0.2, -0.15) is 5.10 Å². The van der Waals surface area contributed by atoms with E-state index in [-0.39, 0.29) is 5.91 Å². The Labute approximate surface area is 156 Å². The third-order valence-electron chi connectivity index (χ3n) is 4.69. The maximum absolute atomic E-state index is 12.2. The molecule has 1 aliphatic heterocycles. The lowest BCUT2D eigenvalue weighted by atomic mass is 10.1. The van der Waals surface area contributed by atoms with Crippen LogP contribution in [0, 0.1) is 0 Å². The van der Waals surface area contributed by atoms with Gasteiger partial charge in [0.25, 0.3) is 0 Å². The van der Waals surface area contributed by atoms with Gasteiger partial charge in [0.05, 0.1) is 5.69 Å². The Morgan fingerprint density at radius 2 is 2.12 bits per heavy atom. The van der Waals surface area contributed by atoms with Crippen LogP contribution in [0.25, 0.3) is 6.08 Å². The molecule has 0 fully saturated rings. The number of nitrogens with zero attached hydrogens (tertiary/aromatic N) is 2. The van der Waals surface area contributed by atoms with Crippen molar-refractivity contribution < 1.29 is 4.79 Å². The van der Waals surface area contributed by atoms with E-state index in [1.165, 1.54) is 5.56 Å². The fraction of sp³-hybridized carbons (Fsp3) is 0.200. The molecule has 1 amide bonds. The molecule has 1 atom stereocenters. The van der Waals surface area contributed by atoms with Gasteiger partial charge < -0.3 is 5.32 Å². The van der Waals surface area contributed by atoms with Gasteiger partial charge in [-0.05, 0) is 30.0 Å². The number of amides is 1. The highest BCUT2D eigenvalue weighted by Gasteiger charge is 2.28. The first-order valence-electron chi connectivity index (χ1n) is 8.58.